The van der Waals surface area contributed by atoms with Gasteiger partial charge in [-0.1, -0.05) is 49.4 Å². The third-order valence-electron chi connectivity index (χ3n) is 3.78. The van der Waals surface area contributed by atoms with Gasteiger partial charge in [-0.15, -0.1) is 0 Å². The van der Waals surface area contributed by atoms with Crippen LogP contribution in [0.5, 0.6) is 0 Å². The lowest BCUT2D eigenvalue weighted by Crippen LogP contribution is -2.20. The van der Waals surface area contributed by atoms with Crippen LogP contribution in [-0.2, 0) is 16.0 Å². The number of carbonyl (C=O) groups is 2. The maximum Gasteiger partial charge on any atom is 0.303 e. The van der Waals surface area contributed by atoms with Gasteiger partial charge in [-0.3, -0.25) is 9.59 Å². The molecule has 0 saturated heterocycles. The van der Waals surface area contributed by atoms with Crippen molar-refractivity contribution >= 4 is 17.6 Å². The van der Waals surface area contributed by atoms with E-state index in [9.17, 15) is 9.59 Å². The van der Waals surface area contributed by atoms with Gasteiger partial charge in [0.05, 0.1) is 5.92 Å². The predicted octanol–water partition coefficient (Wildman–Crippen LogP) is 3.84. The van der Waals surface area contributed by atoms with Crippen LogP contribution in [-0.4, -0.2) is 17.0 Å². The molecule has 1 amide bonds. The Balaban J connectivity index is 2.00. The van der Waals surface area contributed by atoms with Crippen LogP contribution in [0.2, 0.25) is 0 Å². The summed E-state index contributed by atoms with van der Waals surface area (Å²) in [5.41, 5.74) is 2.68. The van der Waals surface area contributed by atoms with E-state index in [1.54, 1.807) is 0 Å². The first-order valence-corrected chi connectivity index (χ1v) is 7.76. The largest absolute Gasteiger partial charge is 0.481 e. The molecule has 0 fully saturated rings. The van der Waals surface area contributed by atoms with E-state index in [2.05, 4.69) is 5.32 Å². The van der Waals surface area contributed by atoms with Crippen molar-refractivity contribution < 1.29 is 14.7 Å². The number of carboxylic acid groups (broad SMARTS) is 1. The van der Waals surface area contributed by atoms with Crippen LogP contribution >= 0.6 is 0 Å². The maximum absolute atomic E-state index is 12.5. The molecule has 1 unspecified atom stereocenters. The fourth-order valence-electron chi connectivity index (χ4n) is 2.49. The number of rotatable bonds is 7. The molecule has 0 heterocycles. The van der Waals surface area contributed by atoms with Crippen molar-refractivity contribution in [2.75, 3.05) is 5.32 Å². The molecular formula is C19H21NO3. The number of benzene rings is 2. The van der Waals surface area contributed by atoms with Gasteiger partial charge in [0.1, 0.15) is 0 Å². The number of nitrogens with one attached hydrogen (secondary N) is 1. The molecule has 0 radical (unpaired) electrons. The van der Waals surface area contributed by atoms with Crippen molar-refractivity contribution in [2.24, 2.45) is 0 Å². The number of amides is 1. The second kappa shape index (κ2) is 8.13. The van der Waals surface area contributed by atoms with Crippen molar-refractivity contribution in [3.63, 3.8) is 0 Å². The number of carbonyl (C=O) groups excluding carboxylic acids is 1. The van der Waals surface area contributed by atoms with Gasteiger partial charge >= 0.3 is 5.97 Å². The smallest absolute Gasteiger partial charge is 0.303 e. The minimum Gasteiger partial charge on any atom is -0.481 e. The number of hydrogen-bond donors (Lipinski definition) is 2. The summed E-state index contributed by atoms with van der Waals surface area (Å²) in [5, 5.41) is 11.6. The highest BCUT2D eigenvalue weighted by molar-refractivity contribution is 5.95. The first-order chi connectivity index (χ1) is 11.1. The van der Waals surface area contributed by atoms with Crippen LogP contribution in [0.15, 0.2) is 54.6 Å². The van der Waals surface area contributed by atoms with E-state index in [0.29, 0.717) is 6.42 Å². The molecule has 0 aliphatic rings. The average Bonchev–Trinajstić information content (AvgIpc) is 2.56. The van der Waals surface area contributed by atoms with E-state index < -0.39 is 5.97 Å². The molecule has 23 heavy (non-hydrogen) atoms. The Bertz CT molecular complexity index is 650. The van der Waals surface area contributed by atoms with Gasteiger partial charge in [0.25, 0.3) is 0 Å². The Labute approximate surface area is 136 Å². The van der Waals surface area contributed by atoms with Gasteiger partial charge in [-0.05, 0) is 36.1 Å². The zero-order valence-corrected chi connectivity index (χ0v) is 13.2. The molecule has 4 heteroatoms. The van der Waals surface area contributed by atoms with Crippen LogP contribution in [0, 0.1) is 0 Å². The fraction of sp³-hybridized carbons (Fsp3) is 0.263. The highest BCUT2D eigenvalue weighted by atomic mass is 16.4. The Hall–Kier alpha value is -2.62. The minimum absolute atomic E-state index is 0.0306. The van der Waals surface area contributed by atoms with E-state index in [4.69, 9.17) is 5.11 Å². The van der Waals surface area contributed by atoms with Crippen LogP contribution in [0.1, 0.15) is 36.8 Å². The minimum atomic E-state index is -0.809. The zero-order valence-electron chi connectivity index (χ0n) is 13.2. The molecular weight excluding hydrogens is 290 g/mol. The van der Waals surface area contributed by atoms with Crippen LogP contribution in [0.25, 0.3) is 0 Å². The predicted molar refractivity (Wildman–Crippen MR) is 90.5 cm³/mol. The van der Waals surface area contributed by atoms with Crippen molar-refractivity contribution in [1.29, 1.82) is 0 Å². The standard InChI is InChI=1S/C19H21NO3/c1-2-17(15-6-4-3-5-7-15)19(23)20-16-11-8-14(9-12-16)10-13-18(21)22/h3-9,11-12,17H,2,10,13H2,1H3,(H,20,23)(H,21,22). The third-order valence-corrected chi connectivity index (χ3v) is 3.78. The van der Waals surface area contributed by atoms with Crippen molar-refractivity contribution in [1.82, 2.24) is 0 Å². The molecule has 120 valence electrons. The van der Waals surface area contributed by atoms with E-state index in [0.717, 1.165) is 23.2 Å². The molecule has 2 aromatic rings. The summed E-state index contributed by atoms with van der Waals surface area (Å²) in [6, 6.07) is 17.0. The normalized spacial score (nSPS) is 11.7. The summed E-state index contributed by atoms with van der Waals surface area (Å²) in [6.07, 6.45) is 1.33. The molecule has 1 atom stereocenters. The zero-order chi connectivity index (χ0) is 16.7. The SMILES string of the molecule is CCC(C(=O)Nc1ccc(CCC(=O)O)cc1)c1ccccc1. The first-order valence-electron chi connectivity index (χ1n) is 7.76. The molecule has 2 N–H and O–H groups in total. The Morgan fingerprint density at radius 1 is 1.04 bits per heavy atom. The maximum atomic E-state index is 12.5. The molecule has 2 rings (SSSR count). The van der Waals surface area contributed by atoms with Crippen molar-refractivity contribution in [3.8, 4) is 0 Å². The third kappa shape index (κ3) is 4.95. The fourth-order valence-corrected chi connectivity index (χ4v) is 2.49. The monoisotopic (exact) mass is 311 g/mol. The number of aliphatic carboxylic acids is 1. The summed E-state index contributed by atoms with van der Waals surface area (Å²) >= 11 is 0. The summed E-state index contributed by atoms with van der Waals surface area (Å²) in [4.78, 5) is 23.0. The van der Waals surface area contributed by atoms with Gasteiger partial charge in [0.2, 0.25) is 5.91 Å². The highest BCUT2D eigenvalue weighted by Gasteiger charge is 2.18. The van der Waals surface area contributed by atoms with E-state index >= 15 is 0 Å². The van der Waals surface area contributed by atoms with Crippen LogP contribution in [0.3, 0.4) is 0 Å². The summed E-state index contributed by atoms with van der Waals surface area (Å²) in [7, 11) is 0. The molecule has 0 aliphatic carbocycles. The first kappa shape index (κ1) is 16.7. The summed E-state index contributed by atoms with van der Waals surface area (Å²) < 4.78 is 0. The second-order valence-corrected chi connectivity index (χ2v) is 5.45. The molecule has 2 aromatic carbocycles. The average molecular weight is 311 g/mol. The van der Waals surface area contributed by atoms with Gasteiger partial charge in [0.15, 0.2) is 0 Å². The number of aryl methyl sites for hydroxylation is 1. The number of hydrogen-bond acceptors (Lipinski definition) is 2. The molecule has 0 spiro atoms. The van der Waals surface area contributed by atoms with Gasteiger partial charge < -0.3 is 10.4 Å². The van der Waals surface area contributed by atoms with E-state index in [1.807, 2.05) is 61.5 Å². The van der Waals surface area contributed by atoms with Crippen molar-refractivity contribution in [2.45, 2.75) is 32.1 Å². The topological polar surface area (TPSA) is 66.4 Å². The lowest BCUT2D eigenvalue weighted by molar-refractivity contribution is -0.137. The second-order valence-electron chi connectivity index (χ2n) is 5.45. The van der Waals surface area contributed by atoms with Crippen molar-refractivity contribution in [3.05, 3.63) is 65.7 Å². The Morgan fingerprint density at radius 2 is 1.70 bits per heavy atom. The van der Waals surface area contributed by atoms with Crippen LogP contribution in [0.4, 0.5) is 5.69 Å². The quantitative estimate of drug-likeness (QED) is 0.816. The summed E-state index contributed by atoms with van der Waals surface area (Å²) in [5.74, 6) is -1.02. The molecule has 4 nitrogen and oxygen atoms in total. The number of anilines is 1. The lowest BCUT2D eigenvalue weighted by Gasteiger charge is -2.15. The molecule has 0 aliphatic heterocycles. The molecule has 0 aromatic heterocycles. The Kier molecular flexibility index (Phi) is 5.92. The van der Waals surface area contributed by atoms with Crippen LogP contribution < -0.4 is 5.32 Å². The van der Waals surface area contributed by atoms with E-state index in [-0.39, 0.29) is 18.2 Å². The van der Waals surface area contributed by atoms with Gasteiger partial charge in [-0.2, -0.15) is 0 Å². The number of carboxylic acids is 1. The lowest BCUT2D eigenvalue weighted by atomic mass is 9.95. The molecule has 0 saturated carbocycles. The summed E-state index contributed by atoms with van der Waals surface area (Å²) in [6.45, 7) is 1.99. The highest BCUT2D eigenvalue weighted by Crippen LogP contribution is 2.21. The molecule has 0 bridgehead atoms. The van der Waals surface area contributed by atoms with Gasteiger partial charge in [0, 0.05) is 12.1 Å². The van der Waals surface area contributed by atoms with Gasteiger partial charge in [-0.25, -0.2) is 0 Å². The Morgan fingerprint density at radius 3 is 2.26 bits per heavy atom. The van der Waals surface area contributed by atoms with E-state index in [1.165, 1.54) is 0 Å².